The number of carbonyl (C=O) groups excluding carboxylic acids is 1. The van der Waals surface area contributed by atoms with E-state index >= 15 is 0 Å². The first-order chi connectivity index (χ1) is 11.3. The molecule has 2 nitrogen and oxygen atoms in total. The van der Waals surface area contributed by atoms with Crippen molar-refractivity contribution in [3.8, 4) is 0 Å². The normalized spacial score (nSPS) is 14.2. The van der Waals surface area contributed by atoms with Crippen molar-refractivity contribution >= 4 is 18.0 Å². The summed E-state index contributed by atoms with van der Waals surface area (Å²) in [5.74, 6) is 0. The number of rotatable bonds is 6. The van der Waals surface area contributed by atoms with Crippen molar-refractivity contribution in [1.29, 1.82) is 0 Å². The van der Waals surface area contributed by atoms with Crippen LogP contribution in [0.2, 0.25) is 0 Å². The molecular weight excluding hydrogens is 336 g/mol. The Hall–Kier alpha value is -1.87. The molecule has 0 saturated heterocycles. The van der Waals surface area contributed by atoms with Gasteiger partial charge in [-0.2, -0.15) is 13.2 Å². The standard InChI is InChI=1S/C18H18F3O2P/c1-2-3-13-24(23,14-9-5-4-6-10-14)17(22)15-11-7-8-12-16(15)18(19,20)21/h4-12H,2-3,13H2,1H3. The molecule has 24 heavy (non-hydrogen) atoms. The molecule has 1 unspecified atom stereocenters. The second-order valence-electron chi connectivity index (χ2n) is 5.50. The Labute approximate surface area is 139 Å². The molecule has 6 heteroatoms. The van der Waals surface area contributed by atoms with Gasteiger partial charge in [0.05, 0.1) is 5.56 Å². The Kier molecular flexibility index (Phi) is 5.66. The molecule has 128 valence electrons. The third-order valence-corrected chi connectivity index (χ3v) is 6.77. The number of unbranched alkanes of at least 4 members (excludes halogenated alkanes) is 1. The van der Waals surface area contributed by atoms with Crippen LogP contribution < -0.4 is 5.30 Å². The molecule has 0 aromatic heterocycles. The predicted octanol–water partition coefficient (Wildman–Crippen LogP) is 5.33. The van der Waals surface area contributed by atoms with Crippen LogP contribution in [0.25, 0.3) is 0 Å². The van der Waals surface area contributed by atoms with E-state index in [9.17, 15) is 22.5 Å². The summed E-state index contributed by atoms with van der Waals surface area (Å²) in [5, 5.41) is 0.306. The molecule has 0 aliphatic rings. The zero-order valence-corrected chi connectivity index (χ0v) is 14.1. The largest absolute Gasteiger partial charge is 0.417 e. The Balaban J connectivity index is 2.57. The Bertz CT molecular complexity index is 754. The summed E-state index contributed by atoms with van der Waals surface area (Å²) in [6, 6.07) is 12.6. The summed E-state index contributed by atoms with van der Waals surface area (Å²) in [7, 11) is -3.64. The highest BCUT2D eigenvalue weighted by molar-refractivity contribution is 7.87. The first-order valence-corrected chi connectivity index (χ1v) is 9.55. The highest BCUT2D eigenvalue weighted by Crippen LogP contribution is 2.50. The van der Waals surface area contributed by atoms with Gasteiger partial charge >= 0.3 is 6.18 Å². The van der Waals surface area contributed by atoms with Gasteiger partial charge in [0, 0.05) is 17.0 Å². The van der Waals surface area contributed by atoms with Gasteiger partial charge in [0.15, 0.2) is 7.14 Å². The molecule has 2 aromatic rings. The average Bonchev–Trinajstić information content (AvgIpc) is 2.59. The number of benzene rings is 2. The average molecular weight is 354 g/mol. The second kappa shape index (κ2) is 7.35. The summed E-state index contributed by atoms with van der Waals surface area (Å²) in [6.07, 6.45) is -3.39. The smallest absolute Gasteiger partial charge is 0.310 e. The monoisotopic (exact) mass is 354 g/mol. The van der Waals surface area contributed by atoms with E-state index in [1.807, 2.05) is 6.92 Å². The third kappa shape index (κ3) is 3.78. The minimum absolute atomic E-state index is 0.0680. The van der Waals surface area contributed by atoms with E-state index in [1.165, 1.54) is 12.1 Å². The molecule has 0 aliphatic heterocycles. The van der Waals surface area contributed by atoms with E-state index in [4.69, 9.17) is 0 Å². The minimum Gasteiger partial charge on any atom is -0.310 e. The van der Waals surface area contributed by atoms with E-state index in [2.05, 4.69) is 0 Å². The maximum Gasteiger partial charge on any atom is 0.417 e. The lowest BCUT2D eigenvalue weighted by atomic mass is 10.1. The summed E-state index contributed by atoms with van der Waals surface area (Å²) in [6.45, 7) is 1.88. The predicted molar refractivity (Wildman–Crippen MR) is 89.2 cm³/mol. The topological polar surface area (TPSA) is 34.1 Å². The van der Waals surface area contributed by atoms with Crippen molar-refractivity contribution < 1.29 is 22.5 Å². The third-order valence-electron chi connectivity index (χ3n) is 3.79. The zero-order chi connectivity index (χ0) is 17.8. The van der Waals surface area contributed by atoms with Crippen LogP contribution in [0.3, 0.4) is 0 Å². The van der Waals surface area contributed by atoms with Crippen molar-refractivity contribution in [3.63, 3.8) is 0 Å². The van der Waals surface area contributed by atoms with E-state index in [0.717, 1.165) is 12.1 Å². The molecule has 0 fully saturated rings. The lowest BCUT2D eigenvalue weighted by Gasteiger charge is -2.19. The van der Waals surface area contributed by atoms with Gasteiger partial charge in [-0.3, -0.25) is 4.79 Å². The Morgan fingerprint density at radius 2 is 1.58 bits per heavy atom. The number of carbonyl (C=O) groups is 1. The number of hydrogen-bond acceptors (Lipinski definition) is 2. The fourth-order valence-electron chi connectivity index (χ4n) is 2.51. The van der Waals surface area contributed by atoms with Crippen molar-refractivity contribution in [2.75, 3.05) is 6.16 Å². The lowest BCUT2D eigenvalue weighted by molar-refractivity contribution is -0.137. The Morgan fingerprint density at radius 3 is 2.17 bits per heavy atom. The minimum atomic E-state index is -4.67. The molecule has 0 aliphatic carbocycles. The summed E-state index contributed by atoms with van der Waals surface area (Å²) in [4.78, 5) is 12.9. The molecule has 0 radical (unpaired) electrons. The fourth-order valence-corrected chi connectivity index (χ4v) is 5.20. The van der Waals surface area contributed by atoms with E-state index in [0.29, 0.717) is 18.1 Å². The van der Waals surface area contributed by atoms with Gasteiger partial charge in [0.2, 0.25) is 5.52 Å². The fraction of sp³-hybridized carbons (Fsp3) is 0.278. The SMILES string of the molecule is CCCCP(=O)(C(=O)c1ccccc1C(F)(F)F)c1ccccc1. The van der Waals surface area contributed by atoms with Crippen LogP contribution in [0, 0.1) is 0 Å². The maximum atomic E-state index is 13.4. The van der Waals surface area contributed by atoms with Gasteiger partial charge in [0.25, 0.3) is 0 Å². The first kappa shape index (κ1) is 18.5. The van der Waals surface area contributed by atoms with E-state index < -0.39 is 30.0 Å². The number of hydrogen-bond donors (Lipinski definition) is 0. The summed E-state index contributed by atoms with van der Waals surface area (Å²) < 4.78 is 53.1. The van der Waals surface area contributed by atoms with E-state index in [1.54, 1.807) is 30.3 Å². The number of alkyl halides is 3. The summed E-state index contributed by atoms with van der Waals surface area (Å²) >= 11 is 0. The zero-order valence-electron chi connectivity index (χ0n) is 13.2. The van der Waals surface area contributed by atoms with Gasteiger partial charge in [-0.15, -0.1) is 0 Å². The highest BCUT2D eigenvalue weighted by atomic mass is 31.2. The van der Waals surface area contributed by atoms with Crippen LogP contribution in [0.15, 0.2) is 54.6 Å². The first-order valence-electron chi connectivity index (χ1n) is 7.66. The molecule has 0 saturated carbocycles. The van der Waals surface area contributed by atoms with Crippen LogP contribution in [-0.2, 0) is 10.7 Å². The second-order valence-corrected chi connectivity index (χ2v) is 8.35. The number of halogens is 3. The van der Waals surface area contributed by atoms with Gasteiger partial charge in [-0.05, 0) is 12.5 Å². The maximum absolute atomic E-state index is 13.4. The van der Waals surface area contributed by atoms with Crippen LogP contribution in [0.5, 0.6) is 0 Å². The molecule has 2 rings (SSSR count). The van der Waals surface area contributed by atoms with Crippen molar-refractivity contribution in [1.82, 2.24) is 0 Å². The molecule has 0 bridgehead atoms. The van der Waals surface area contributed by atoms with Crippen molar-refractivity contribution in [2.45, 2.75) is 25.9 Å². The van der Waals surface area contributed by atoms with Gasteiger partial charge < -0.3 is 4.57 Å². The lowest BCUT2D eigenvalue weighted by Crippen LogP contribution is -2.19. The van der Waals surface area contributed by atoms with Gasteiger partial charge in [-0.1, -0.05) is 61.9 Å². The van der Waals surface area contributed by atoms with Crippen LogP contribution in [-0.4, -0.2) is 11.7 Å². The van der Waals surface area contributed by atoms with Crippen LogP contribution >= 0.6 is 7.14 Å². The molecule has 0 spiro atoms. The van der Waals surface area contributed by atoms with Crippen LogP contribution in [0.1, 0.15) is 35.7 Å². The summed E-state index contributed by atoms with van der Waals surface area (Å²) in [5.41, 5.74) is -2.48. The molecule has 0 amide bonds. The molecule has 0 heterocycles. The quantitative estimate of drug-likeness (QED) is 0.657. The highest BCUT2D eigenvalue weighted by Gasteiger charge is 2.40. The van der Waals surface area contributed by atoms with Gasteiger partial charge in [0.1, 0.15) is 0 Å². The van der Waals surface area contributed by atoms with Gasteiger partial charge in [-0.25, -0.2) is 0 Å². The Morgan fingerprint density at radius 1 is 1.00 bits per heavy atom. The van der Waals surface area contributed by atoms with Crippen molar-refractivity contribution in [3.05, 3.63) is 65.7 Å². The van der Waals surface area contributed by atoms with E-state index in [-0.39, 0.29) is 6.16 Å². The molecule has 1 atom stereocenters. The van der Waals surface area contributed by atoms with Crippen molar-refractivity contribution in [2.24, 2.45) is 0 Å². The molecule has 2 aromatic carbocycles. The molecular formula is C18H18F3O2P. The van der Waals surface area contributed by atoms with Crippen LogP contribution in [0.4, 0.5) is 13.2 Å². The molecule has 0 N–H and O–H groups in total.